The minimum absolute atomic E-state index is 0.111. The molecule has 0 radical (unpaired) electrons. The van der Waals surface area contributed by atoms with E-state index in [4.69, 9.17) is 4.74 Å². The topological polar surface area (TPSA) is 74.1 Å². The Kier molecular flexibility index (Phi) is 4.31. The second kappa shape index (κ2) is 5.96. The minimum atomic E-state index is -0.111. The van der Waals surface area contributed by atoms with Gasteiger partial charge in [0.1, 0.15) is 11.1 Å². The number of carbonyl (C=O) groups is 1. The number of carbonyl (C=O) groups excluding carboxylic acids is 1. The lowest BCUT2D eigenvalue weighted by Crippen LogP contribution is -2.22. The zero-order valence-corrected chi connectivity index (χ0v) is 11.0. The average molecular weight is 265 g/mol. The first kappa shape index (κ1) is 13.0. The molecule has 1 aromatic rings. The van der Waals surface area contributed by atoms with E-state index < -0.39 is 0 Å². The van der Waals surface area contributed by atoms with Gasteiger partial charge in [0, 0.05) is 18.5 Å². The number of hydrogen-bond donors (Lipinski definition) is 2. The third kappa shape index (κ3) is 2.70. The molecule has 0 bridgehead atoms. The largest absolute Gasteiger partial charge is 0.384 e. The van der Waals surface area contributed by atoms with Gasteiger partial charge in [-0.15, -0.1) is 11.3 Å². The summed E-state index contributed by atoms with van der Waals surface area (Å²) < 4.78 is 4.86. The van der Waals surface area contributed by atoms with E-state index in [1.54, 1.807) is 7.11 Å². The van der Waals surface area contributed by atoms with Crippen LogP contribution < -0.4 is 10.6 Å². The number of rotatable bonds is 4. The molecular weight excluding hydrogens is 250 g/mol. The highest BCUT2D eigenvalue weighted by Crippen LogP contribution is 2.34. The highest BCUT2D eigenvalue weighted by molar-refractivity contribution is 7.16. The van der Waals surface area contributed by atoms with Crippen molar-refractivity contribution in [3.05, 3.63) is 16.0 Å². The molecule has 0 saturated carbocycles. The van der Waals surface area contributed by atoms with Crippen LogP contribution in [0.2, 0.25) is 0 Å². The summed E-state index contributed by atoms with van der Waals surface area (Å²) in [6, 6.07) is 2.20. The van der Waals surface area contributed by atoms with Gasteiger partial charge in [0.05, 0.1) is 18.6 Å². The van der Waals surface area contributed by atoms with Gasteiger partial charge in [0.25, 0.3) is 0 Å². The molecule has 96 valence electrons. The van der Waals surface area contributed by atoms with E-state index in [1.165, 1.54) is 11.3 Å². The molecule has 1 aliphatic rings. The fourth-order valence-electron chi connectivity index (χ4n) is 1.92. The van der Waals surface area contributed by atoms with Gasteiger partial charge >= 0.3 is 0 Å². The van der Waals surface area contributed by atoms with Crippen molar-refractivity contribution in [3.8, 4) is 6.07 Å². The van der Waals surface area contributed by atoms with E-state index in [-0.39, 0.29) is 5.91 Å². The number of methoxy groups -OCH3 is 1. The van der Waals surface area contributed by atoms with Crippen molar-refractivity contribution in [2.24, 2.45) is 0 Å². The number of ether oxygens (including phenoxy) is 1. The maximum atomic E-state index is 11.6. The van der Waals surface area contributed by atoms with Crippen molar-refractivity contribution in [2.75, 3.05) is 25.6 Å². The van der Waals surface area contributed by atoms with Crippen LogP contribution in [0, 0.1) is 11.3 Å². The molecule has 1 amide bonds. The molecular formula is C12H15N3O2S. The van der Waals surface area contributed by atoms with Gasteiger partial charge in [0.15, 0.2) is 0 Å². The van der Waals surface area contributed by atoms with Gasteiger partial charge in [-0.2, -0.15) is 5.26 Å². The van der Waals surface area contributed by atoms with E-state index in [1.807, 2.05) is 0 Å². The molecule has 0 saturated heterocycles. The summed E-state index contributed by atoms with van der Waals surface area (Å²) in [5.74, 6) is -0.111. The summed E-state index contributed by atoms with van der Waals surface area (Å²) in [7, 11) is 1.56. The number of amides is 1. The Morgan fingerprint density at radius 1 is 1.67 bits per heavy atom. The molecule has 0 spiro atoms. The zero-order valence-electron chi connectivity index (χ0n) is 10.2. The van der Waals surface area contributed by atoms with Gasteiger partial charge in [-0.05, 0) is 18.5 Å². The number of nitriles is 1. The van der Waals surface area contributed by atoms with E-state index in [9.17, 15) is 10.1 Å². The van der Waals surface area contributed by atoms with E-state index in [0.29, 0.717) is 23.6 Å². The summed E-state index contributed by atoms with van der Waals surface area (Å²) in [4.78, 5) is 12.8. The molecule has 0 aliphatic carbocycles. The number of nitrogens with zero attached hydrogens (tertiary/aromatic N) is 1. The van der Waals surface area contributed by atoms with Crippen molar-refractivity contribution in [1.82, 2.24) is 5.32 Å². The normalized spacial score (nSPS) is 13.8. The third-order valence-corrected chi connectivity index (χ3v) is 3.97. The van der Waals surface area contributed by atoms with Crippen molar-refractivity contribution in [2.45, 2.75) is 19.4 Å². The Hall–Kier alpha value is -1.42. The molecule has 0 unspecified atom stereocenters. The molecule has 2 N–H and O–H groups in total. The number of nitrogens with one attached hydrogen (secondary N) is 2. The lowest BCUT2D eigenvalue weighted by atomic mass is 10.1. The molecule has 18 heavy (non-hydrogen) atoms. The zero-order chi connectivity index (χ0) is 13.0. The van der Waals surface area contributed by atoms with Crippen LogP contribution in [-0.4, -0.2) is 26.2 Å². The van der Waals surface area contributed by atoms with Gasteiger partial charge < -0.3 is 15.4 Å². The highest BCUT2D eigenvalue weighted by atomic mass is 32.1. The Morgan fingerprint density at radius 3 is 3.22 bits per heavy atom. The van der Waals surface area contributed by atoms with Crippen LogP contribution in [0.1, 0.15) is 22.4 Å². The van der Waals surface area contributed by atoms with Crippen LogP contribution in [0.5, 0.6) is 0 Å². The summed E-state index contributed by atoms with van der Waals surface area (Å²) in [5, 5.41) is 16.0. The molecule has 2 rings (SSSR count). The van der Waals surface area contributed by atoms with Crippen molar-refractivity contribution < 1.29 is 9.53 Å². The predicted molar refractivity (Wildman–Crippen MR) is 69.6 cm³/mol. The van der Waals surface area contributed by atoms with Crippen LogP contribution >= 0.6 is 11.3 Å². The predicted octanol–water partition coefficient (Wildman–Crippen LogP) is 1.24. The number of fused-ring (bicyclic) bond motifs is 1. The first-order chi connectivity index (χ1) is 8.76. The molecule has 0 aromatic carbocycles. The molecule has 1 aromatic heterocycles. The maximum absolute atomic E-state index is 11.6. The van der Waals surface area contributed by atoms with E-state index in [2.05, 4.69) is 16.7 Å². The molecule has 0 atom stereocenters. The molecule has 6 heteroatoms. The second-order valence-corrected chi connectivity index (χ2v) is 5.14. The number of thiophene rings is 1. The van der Waals surface area contributed by atoms with Crippen LogP contribution in [0.25, 0.3) is 0 Å². The average Bonchev–Trinajstić information content (AvgIpc) is 2.73. The Labute approximate surface area is 110 Å². The van der Waals surface area contributed by atoms with E-state index >= 15 is 0 Å². The fraction of sp³-hybridized carbons (Fsp3) is 0.500. The van der Waals surface area contributed by atoms with Crippen molar-refractivity contribution in [1.29, 1.82) is 5.26 Å². The van der Waals surface area contributed by atoms with Crippen LogP contribution in [0.15, 0.2) is 0 Å². The minimum Gasteiger partial charge on any atom is -0.384 e. The Bertz CT molecular complexity index is 490. The smallest absolute Gasteiger partial charge is 0.227 e. The summed E-state index contributed by atoms with van der Waals surface area (Å²) in [5.41, 5.74) is 1.71. The number of hydrogen-bond acceptors (Lipinski definition) is 5. The van der Waals surface area contributed by atoms with Gasteiger partial charge in [0.2, 0.25) is 5.91 Å². The summed E-state index contributed by atoms with van der Waals surface area (Å²) >= 11 is 1.49. The van der Waals surface area contributed by atoms with Gasteiger partial charge in [-0.25, -0.2) is 0 Å². The van der Waals surface area contributed by atoms with Gasteiger partial charge in [-0.3, -0.25) is 4.79 Å². The summed E-state index contributed by atoms with van der Waals surface area (Å²) in [6.45, 7) is 2.05. The molecule has 1 aliphatic heterocycles. The SMILES string of the molecule is COCCC(=O)Nc1sc2c(c1C#N)CCNC2. The Balaban J connectivity index is 2.15. The lowest BCUT2D eigenvalue weighted by molar-refractivity contribution is -0.117. The monoisotopic (exact) mass is 265 g/mol. The second-order valence-electron chi connectivity index (χ2n) is 4.04. The molecule has 5 nitrogen and oxygen atoms in total. The summed E-state index contributed by atoms with van der Waals surface area (Å²) in [6.07, 6.45) is 1.16. The standard InChI is InChI=1S/C12H15N3O2S/c1-17-5-3-11(16)15-12-9(6-13)8-2-4-14-7-10(8)18-12/h14H,2-5,7H2,1H3,(H,15,16). The van der Waals surface area contributed by atoms with Crippen molar-refractivity contribution >= 4 is 22.2 Å². The van der Waals surface area contributed by atoms with Crippen LogP contribution in [-0.2, 0) is 22.5 Å². The Morgan fingerprint density at radius 2 is 2.50 bits per heavy atom. The first-order valence-electron chi connectivity index (χ1n) is 5.80. The molecule has 2 heterocycles. The fourth-order valence-corrected chi connectivity index (χ4v) is 3.11. The van der Waals surface area contributed by atoms with Crippen molar-refractivity contribution in [3.63, 3.8) is 0 Å². The maximum Gasteiger partial charge on any atom is 0.227 e. The quantitative estimate of drug-likeness (QED) is 0.859. The van der Waals surface area contributed by atoms with E-state index in [0.717, 1.165) is 30.0 Å². The van der Waals surface area contributed by atoms with Crippen LogP contribution in [0.3, 0.4) is 0 Å². The van der Waals surface area contributed by atoms with Gasteiger partial charge in [-0.1, -0.05) is 0 Å². The lowest BCUT2D eigenvalue weighted by Gasteiger charge is -2.11. The van der Waals surface area contributed by atoms with Crippen LogP contribution in [0.4, 0.5) is 5.00 Å². The molecule has 0 fully saturated rings. The first-order valence-corrected chi connectivity index (χ1v) is 6.62. The number of anilines is 1. The highest BCUT2D eigenvalue weighted by Gasteiger charge is 2.21. The third-order valence-electron chi connectivity index (χ3n) is 2.83.